The number of benzene rings is 1. The van der Waals surface area contributed by atoms with Gasteiger partial charge in [-0.15, -0.1) is 0 Å². The van der Waals surface area contributed by atoms with E-state index in [0.29, 0.717) is 18.5 Å². The molecule has 0 fully saturated rings. The number of nitrogens with one attached hydrogen (secondary N) is 2. The molecule has 5 nitrogen and oxygen atoms in total. The predicted molar refractivity (Wildman–Crippen MR) is 73.1 cm³/mol. The van der Waals surface area contributed by atoms with Crippen LogP contribution in [0.3, 0.4) is 0 Å². The van der Waals surface area contributed by atoms with Crippen LogP contribution in [0.15, 0.2) is 12.1 Å². The summed E-state index contributed by atoms with van der Waals surface area (Å²) in [5.41, 5.74) is 1.32. The molecule has 0 saturated heterocycles. The van der Waals surface area contributed by atoms with Crippen LogP contribution in [0.5, 0.6) is 0 Å². The quantitative estimate of drug-likeness (QED) is 0.887. The van der Waals surface area contributed by atoms with E-state index in [1.54, 1.807) is 0 Å². The predicted octanol–water partition coefficient (Wildman–Crippen LogP) is 2.07. The molecule has 1 aliphatic heterocycles. The van der Waals surface area contributed by atoms with Gasteiger partial charge in [0.05, 0.1) is 11.8 Å². The number of hydrogen-bond donors (Lipinski definition) is 2. The van der Waals surface area contributed by atoms with Crippen molar-refractivity contribution >= 4 is 23.2 Å². The van der Waals surface area contributed by atoms with E-state index < -0.39 is 11.7 Å². The zero-order chi connectivity index (χ0) is 14.7. The van der Waals surface area contributed by atoms with Crippen molar-refractivity contribution in [2.45, 2.75) is 32.8 Å². The van der Waals surface area contributed by atoms with Crippen LogP contribution >= 0.6 is 0 Å². The number of halogens is 1. The summed E-state index contributed by atoms with van der Waals surface area (Å²) in [4.78, 5) is 22.9. The summed E-state index contributed by atoms with van der Waals surface area (Å²) in [5, 5.41) is 5.10. The van der Waals surface area contributed by atoms with Gasteiger partial charge >= 0.3 is 0 Å². The Kier molecular flexibility index (Phi) is 4.34. The molecule has 0 atom stereocenters. The summed E-state index contributed by atoms with van der Waals surface area (Å²) in [5.74, 6) is -1.05. The van der Waals surface area contributed by atoms with E-state index in [0.717, 1.165) is 5.56 Å². The number of anilines is 2. The monoisotopic (exact) mass is 280 g/mol. The summed E-state index contributed by atoms with van der Waals surface area (Å²) in [6.45, 7) is 3.48. The second-order valence-corrected chi connectivity index (χ2v) is 4.95. The number of fused-ring (bicyclic) bond motifs is 1. The molecule has 2 N–H and O–H groups in total. The molecule has 0 aromatic heterocycles. The van der Waals surface area contributed by atoms with Crippen molar-refractivity contribution in [3.63, 3.8) is 0 Å². The molecule has 0 radical (unpaired) electrons. The Hall–Kier alpha value is -1.95. The fourth-order valence-corrected chi connectivity index (χ4v) is 1.92. The average molecular weight is 280 g/mol. The molecule has 108 valence electrons. The van der Waals surface area contributed by atoms with Gasteiger partial charge in [0.1, 0.15) is 12.4 Å². The third kappa shape index (κ3) is 3.54. The van der Waals surface area contributed by atoms with Gasteiger partial charge in [0, 0.05) is 12.1 Å². The van der Waals surface area contributed by atoms with Gasteiger partial charge in [0.2, 0.25) is 11.8 Å². The minimum absolute atomic E-state index is 0.0447. The Morgan fingerprint density at radius 1 is 1.45 bits per heavy atom. The van der Waals surface area contributed by atoms with Crippen LogP contribution in [-0.2, 0) is 20.7 Å². The lowest BCUT2D eigenvalue weighted by molar-refractivity contribution is -0.122. The van der Waals surface area contributed by atoms with Gasteiger partial charge in [-0.2, -0.15) is 0 Å². The van der Waals surface area contributed by atoms with E-state index in [2.05, 4.69) is 10.6 Å². The molecule has 0 aliphatic carbocycles. The number of carbonyl (C=O) groups excluding carboxylic acids is 2. The van der Waals surface area contributed by atoms with Crippen LogP contribution in [-0.4, -0.2) is 24.5 Å². The van der Waals surface area contributed by atoms with Crippen molar-refractivity contribution in [1.29, 1.82) is 0 Å². The van der Waals surface area contributed by atoms with Gasteiger partial charge < -0.3 is 15.4 Å². The van der Waals surface area contributed by atoms with E-state index in [-0.39, 0.29) is 24.3 Å². The zero-order valence-electron chi connectivity index (χ0n) is 11.5. The summed E-state index contributed by atoms with van der Waals surface area (Å²) < 4.78 is 19.0. The van der Waals surface area contributed by atoms with Crippen LogP contribution in [0.25, 0.3) is 0 Å². The Labute approximate surface area is 116 Å². The summed E-state index contributed by atoms with van der Waals surface area (Å²) in [6, 6.07) is 2.78. The largest absolute Gasteiger partial charge is 0.369 e. The van der Waals surface area contributed by atoms with E-state index in [1.165, 1.54) is 12.1 Å². The summed E-state index contributed by atoms with van der Waals surface area (Å²) in [6.07, 6.45) is 0.775. The van der Waals surface area contributed by atoms with Gasteiger partial charge in [-0.1, -0.05) is 0 Å². The van der Waals surface area contributed by atoms with Crippen molar-refractivity contribution < 1.29 is 18.7 Å². The van der Waals surface area contributed by atoms with Crippen LogP contribution < -0.4 is 10.6 Å². The highest BCUT2D eigenvalue weighted by Crippen LogP contribution is 2.28. The lowest BCUT2D eigenvalue weighted by atomic mass is 10.0. The zero-order valence-corrected chi connectivity index (χ0v) is 11.5. The second kappa shape index (κ2) is 6.00. The molecule has 1 aromatic rings. The Balaban J connectivity index is 2.10. The lowest BCUT2D eigenvalue weighted by Gasteiger charge is -2.18. The lowest BCUT2D eigenvalue weighted by Crippen LogP contribution is -2.23. The molecule has 0 unspecified atom stereocenters. The van der Waals surface area contributed by atoms with Crippen LogP contribution in [0.4, 0.5) is 15.8 Å². The molecule has 0 spiro atoms. The fourth-order valence-electron chi connectivity index (χ4n) is 1.92. The smallest absolute Gasteiger partial charge is 0.250 e. The van der Waals surface area contributed by atoms with E-state index in [9.17, 15) is 14.0 Å². The van der Waals surface area contributed by atoms with Crippen molar-refractivity contribution in [3.8, 4) is 0 Å². The van der Waals surface area contributed by atoms with Crippen LogP contribution in [0, 0.1) is 5.82 Å². The normalized spacial score (nSPS) is 13.9. The number of amides is 2. The highest BCUT2D eigenvalue weighted by Gasteiger charge is 2.18. The number of carbonyl (C=O) groups is 2. The van der Waals surface area contributed by atoms with Crippen molar-refractivity contribution in [1.82, 2.24) is 0 Å². The topological polar surface area (TPSA) is 67.4 Å². The SMILES string of the molecule is CC(C)OCC(=O)Nc1cc2c(cc1F)CCC(=O)N2. The first-order valence-electron chi connectivity index (χ1n) is 6.49. The number of ether oxygens (including phenoxy) is 1. The molecule has 0 saturated carbocycles. The Bertz CT molecular complexity index is 543. The highest BCUT2D eigenvalue weighted by atomic mass is 19.1. The molecular weight excluding hydrogens is 263 g/mol. The second-order valence-electron chi connectivity index (χ2n) is 4.95. The first-order valence-corrected chi connectivity index (χ1v) is 6.49. The maximum Gasteiger partial charge on any atom is 0.250 e. The first-order chi connectivity index (χ1) is 9.45. The molecule has 1 aromatic carbocycles. The number of aryl methyl sites for hydroxylation is 1. The van der Waals surface area contributed by atoms with Gasteiger partial charge in [0.25, 0.3) is 0 Å². The van der Waals surface area contributed by atoms with E-state index in [1.807, 2.05) is 13.8 Å². The van der Waals surface area contributed by atoms with Crippen LogP contribution in [0.2, 0.25) is 0 Å². The van der Waals surface area contributed by atoms with E-state index in [4.69, 9.17) is 4.74 Å². The summed E-state index contributed by atoms with van der Waals surface area (Å²) in [7, 11) is 0. The third-order valence-electron chi connectivity index (χ3n) is 2.91. The highest BCUT2D eigenvalue weighted by molar-refractivity contribution is 5.96. The standard InChI is InChI=1S/C14H17FN2O3/c1-8(2)20-7-14(19)17-12-6-11-9(5-10(12)15)3-4-13(18)16-11/h5-6,8H,3-4,7H2,1-2H3,(H,16,18)(H,17,19). The Morgan fingerprint density at radius 3 is 2.90 bits per heavy atom. The molecule has 2 rings (SSSR count). The molecule has 1 heterocycles. The molecule has 2 amide bonds. The molecule has 0 bridgehead atoms. The maximum absolute atomic E-state index is 13.9. The van der Waals surface area contributed by atoms with Gasteiger partial charge in [-0.05, 0) is 38.0 Å². The van der Waals surface area contributed by atoms with Gasteiger partial charge in [-0.25, -0.2) is 4.39 Å². The summed E-state index contributed by atoms with van der Waals surface area (Å²) >= 11 is 0. The van der Waals surface area contributed by atoms with Crippen molar-refractivity contribution in [2.24, 2.45) is 0 Å². The molecule has 20 heavy (non-hydrogen) atoms. The van der Waals surface area contributed by atoms with Gasteiger partial charge in [0.15, 0.2) is 0 Å². The minimum atomic E-state index is -0.516. The van der Waals surface area contributed by atoms with Crippen molar-refractivity contribution in [2.75, 3.05) is 17.2 Å². The third-order valence-corrected chi connectivity index (χ3v) is 2.91. The van der Waals surface area contributed by atoms with E-state index >= 15 is 0 Å². The van der Waals surface area contributed by atoms with Gasteiger partial charge in [-0.3, -0.25) is 9.59 Å². The number of rotatable bonds is 4. The minimum Gasteiger partial charge on any atom is -0.369 e. The maximum atomic E-state index is 13.9. The first kappa shape index (κ1) is 14.5. The Morgan fingerprint density at radius 2 is 2.20 bits per heavy atom. The van der Waals surface area contributed by atoms with Crippen LogP contribution in [0.1, 0.15) is 25.8 Å². The number of hydrogen-bond acceptors (Lipinski definition) is 3. The molecule has 6 heteroatoms. The van der Waals surface area contributed by atoms with Crippen molar-refractivity contribution in [3.05, 3.63) is 23.5 Å². The molecular formula is C14H17FN2O3. The molecule has 1 aliphatic rings. The average Bonchev–Trinajstić information content (AvgIpc) is 2.38. The fraction of sp³-hybridized carbons (Fsp3) is 0.429.